The lowest BCUT2D eigenvalue weighted by Gasteiger charge is -2.40. The van der Waals surface area contributed by atoms with Crippen LogP contribution in [0.25, 0.3) is 54.1 Å². The van der Waals surface area contributed by atoms with Gasteiger partial charge in [-0.15, -0.1) is 11.3 Å². The van der Waals surface area contributed by atoms with Gasteiger partial charge in [0.1, 0.15) is 17.3 Å². The summed E-state index contributed by atoms with van der Waals surface area (Å²) in [6, 6.07) is 58.5. The van der Waals surface area contributed by atoms with Gasteiger partial charge < -0.3 is 4.74 Å². The number of allylic oxidation sites excluding steroid dienone is 4. The van der Waals surface area contributed by atoms with E-state index < -0.39 is 5.41 Å². The zero-order valence-electron chi connectivity index (χ0n) is 30.7. The van der Waals surface area contributed by atoms with Crippen molar-refractivity contribution in [3.63, 3.8) is 0 Å². The summed E-state index contributed by atoms with van der Waals surface area (Å²) in [5.41, 5.74) is 9.97. The molecule has 3 aliphatic rings. The van der Waals surface area contributed by atoms with Gasteiger partial charge in [0.2, 0.25) is 0 Å². The van der Waals surface area contributed by atoms with Gasteiger partial charge in [-0.25, -0.2) is 15.0 Å². The first-order valence-corrected chi connectivity index (χ1v) is 20.2. The van der Waals surface area contributed by atoms with E-state index in [0.29, 0.717) is 11.6 Å². The molecule has 57 heavy (non-hydrogen) atoms. The molecule has 2 aliphatic carbocycles. The summed E-state index contributed by atoms with van der Waals surface area (Å²) in [5.74, 6) is 3.68. The van der Waals surface area contributed by atoms with E-state index in [-0.39, 0.29) is 11.8 Å². The lowest BCUT2D eigenvalue weighted by molar-refractivity contribution is 0.435. The van der Waals surface area contributed by atoms with E-state index in [4.69, 9.17) is 19.7 Å². The molecule has 5 heteroatoms. The summed E-state index contributed by atoms with van der Waals surface area (Å²) in [6.45, 7) is 0. The first kappa shape index (κ1) is 32.3. The SMILES string of the molecule is C1=CC(c2ccc3c(c2)C2(c4ccccc4O3)c3ccccc3-c3ccccc32)C(c2nc(-c3ccccc3)nc(-c3ccc4c(c3)sc3ccccc34)n2)C=C1. The Bertz CT molecular complexity index is 3100. The topological polar surface area (TPSA) is 47.9 Å². The fourth-order valence-electron chi connectivity index (χ4n) is 9.51. The van der Waals surface area contributed by atoms with Gasteiger partial charge in [0, 0.05) is 54.3 Å². The van der Waals surface area contributed by atoms with E-state index in [1.807, 2.05) is 18.2 Å². The molecule has 0 fully saturated rings. The van der Waals surface area contributed by atoms with Crippen LogP contribution in [0.5, 0.6) is 11.5 Å². The Morgan fingerprint density at radius 1 is 0.456 bits per heavy atom. The molecule has 0 saturated heterocycles. The van der Waals surface area contributed by atoms with Crippen molar-refractivity contribution in [2.24, 2.45) is 0 Å². The van der Waals surface area contributed by atoms with Gasteiger partial charge in [-0.3, -0.25) is 0 Å². The number of hydrogen-bond donors (Lipinski definition) is 0. The van der Waals surface area contributed by atoms with Gasteiger partial charge in [-0.2, -0.15) is 0 Å². The molecule has 9 aromatic rings. The van der Waals surface area contributed by atoms with Gasteiger partial charge in [0.15, 0.2) is 11.6 Å². The maximum Gasteiger partial charge on any atom is 0.163 e. The number of benzene rings is 7. The molecule has 2 unspecified atom stereocenters. The van der Waals surface area contributed by atoms with Crippen molar-refractivity contribution < 1.29 is 4.74 Å². The van der Waals surface area contributed by atoms with Gasteiger partial charge >= 0.3 is 0 Å². The predicted molar refractivity (Wildman–Crippen MR) is 231 cm³/mol. The molecule has 0 radical (unpaired) electrons. The summed E-state index contributed by atoms with van der Waals surface area (Å²) < 4.78 is 9.26. The zero-order valence-corrected chi connectivity index (χ0v) is 31.5. The second-order valence-electron chi connectivity index (χ2n) is 15.0. The van der Waals surface area contributed by atoms with E-state index in [1.165, 1.54) is 48.0 Å². The smallest absolute Gasteiger partial charge is 0.163 e. The summed E-state index contributed by atoms with van der Waals surface area (Å²) >= 11 is 1.81. The third kappa shape index (κ3) is 4.82. The summed E-state index contributed by atoms with van der Waals surface area (Å²) in [6.07, 6.45) is 8.81. The molecular weight excluding hydrogens is 715 g/mol. The largest absolute Gasteiger partial charge is 0.457 e. The minimum atomic E-state index is -0.539. The van der Waals surface area contributed by atoms with Crippen molar-refractivity contribution in [3.05, 3.63) is 222 Å². The molecule has 0 amide bonds. The lowest BCUT2D eigenvalue weighted by Crippen LogP contribution is -2.32. The Hall–Kier alpha value is -6.95. The van der Waals surface area contributed by atoms with Crippen LogP contribution in [0.2, 0.25) is 0 Å². The number of para-hydroxylation sites is 1. The Morgan fingerprint density at radius 2 is 1.09 bits per heavy atom. The van der Waals surface area contributed by atoms with Crippen molar-refractivity contribution in [3.8, 4) is 45.4 Å². The Morgan fingerprint density at radius 3 is 1.89 bits per heavy atom. The molecular formula is C52H33N3OS. The highest BCUT2D eigenvalue weighted by molar-refractivity contribution is 7.25. The number of thiophene rings is 1. The summed E-state index contributed by atoms with van der Waals surface area (Å²) in [4.78, 5) is 15.7. The van der Waals surface area contributed by atoms with Crippen LogP contribution in [-0.4, -0.2) is 15.0 Å². The summed E-state index contributed by atoms with van der Waals surface area (Å²) in [7, 11) is 0. The third-order valence-corrected chi connectivity index (χ3v) is 13.1. The quantitative estimate of drug-likeness (QED) is 0.180. The standard InChI is InChI=1S/C52H33N3OS/c1-2-14-32(15-3-1)49-53-50(34-26-28-39-38-19-8-13-25-47(38)57-48(39)31-34)55-51(54-49)40-20-5-4-16-35(40)33-27-29-46-44(30-33)52(43-23-11-12-24-45(43)56-46)41-21-9-6-17-36(41)37-18-7-10-22-42(37)52/h1-31,35,40H. The molecule has 1 aliphatic heterocycles. The molecule has 3 heterocycles. The van der Waals surface area contributed by atoms with E-state index >= 15 is 0 Å². The minimum absolute atomic E-state index is 0.0367. The van der Waals surface area contributed by atoms with Gasteiger partial charge in [-0.1, -0.05) is 158 Å². The number of fused-ring (bicyclic) bond motifs is 12. The summed E-state index contributed by atoms with van der Waals surface area (Å²) in [5, 5.41) is 2.53. The van der Waals surface area contributed by atoms with Crippen molar-refractivity contribution in [1.82, 2.24) is 15.0 Å². The normalized spacial score (nSPS) is 16.9. The molecule has 2 atom stereocenters. The maximum atomic E-state index is 6.76. The van der Waals surface area contributed by atoms with Crippen LogP contribution in [0, 0.1) is 0 Å². The molecule has 4 nitrogen and oxygen atoms in total. The van der Waals surface area contributed by atoms with Crippen LogP contribution in [0.1, 0.15) is 45.5 Å². The monoisotopic (exact) mass is 747 g/mol. The number of ether oxygens (including phenoxy) is 1. The highest BCUT2D eigenvalue weighted by Crippen LogP contribution is 2.62. The van der Waals surface area contributed by atoms with Crippen LogP contribution in [0.3, 0.4) is 0 Å². The second kappa shape index (κ2) is 12.5. The highest BCUT2D eigenvalue weighted by atomic mass is 32.1. The average Bonchev–Trinajstić information content (AvgIpc) is 3.80. The number of rotatable bonds is 4. The van der Waals surface area contributed by atoms with Crippen molar-refractivity contribution in [1.29, 1.82) is 0 Å². The maximum absolute atomic E-state index is 6.76. The first-order chi connectivity index (χ1) is 28.2. The van der Waals surface area contributed by atoms with Gasteiger partial charge in [0.25, 0.3) is 0 Å². The van der Waals surface area contributed by atoms with Gasteiger partial charge in [0.05, 0.1) is 5.41 Å². The van der Waals surface area contributed by atoms with Crippen LogP contribution in [0.15, 0.2) is 188 Å². The predicted octanol–water partition coefficient (Wildman–Crippen LogP) is 13.0. The molecule has 268 valence electrons. The average molecular weight is 748 g/mol. The molecule has 2 aromatic heterocycles. The molecule has 0 saturated carbocycles. The third-order valence-electron chi connectivity index (χ3n) is 12.0. The fraction of sp³-hybridized carbons (Fsp3) is 0.0577. The number of nitrogens with zero attached hydrogens (tertiary/aromatic N) is 3. The number of hydrogen-bond acceptors (Lipinski definition) is 5. The van der Waals surface area contributed by atoms with E-state index in [0.717, 1.165) is 39.6 Å². The van der Waals surface area contributed by atoms with E-state index in [2.05, 4.69) is 170 Å². The van der Waals surface area contributed by atoms with Crippen LogP contribution >= 0.6 is 11.3 Å². The molecule has 7 aromatic carbocycles. The van der Waals surface area contributed by atoms with Crippen LogP contribution < -0.4 is 4.74 Å². The molecule has 12 rings (SSSR count). The van der Waals surface area contributed by atoms with Crippen molar-refractivity contribution in [2.45, 2.75) is 17.3 Å². The molecule has 1 spiro atoms. The van der Waals surface area contributed by atoms with E-state index in [1.54, 1.807) is 11.3 Å². The van der Waals surface area contributed by atoms with Crippen LogP contribution in [-0.2, 0) is 5.41 Å². The van der Waals surface area contributed by atoms with Crippen LogP contribution in [0.4, 0.5) is 0 Å². The highest BCUT2D eigenvalue weighted by Gasteiger charge is 2.51. The molecule has 0 bridgehead atoms. The van der Waals surface area contributed by atoms with E-state index in [9.17, 15) is 0 Å². The number of aromatic nitrogens is 3. The fourth-order valence-corrected chi connectivity index (χ4v) is 10.7. The Labute approximate surface area is 334 Å². The minimum Gasteiger partial charge on any atom is -0.457 e. The molecule has 0 N–H and O–H groups in total. The van der Waals surface area contributed by atoms with Gasteiger partial charge in [-0.05, 0) is 58.1 Å². The Kier molecular flexibility index (Phi) is 7.10. The Balaban J connectivity index is 1.03. The second-order valence-corrected chi connectivity index (χ2v) is 16.1. The van der Waals surface area contributed by atoms with Crippen molar-refractivity contribution >= 4 is 31.5 Å². The van der Waals surface area contributed by atoms with Crippen molar-refractivity contribution in [2.75, 3.05) is 0 Å². The zero-order chi connectivity index (χ0) is 37.5. The first-order valence-electron chi connectivity index (χ1n) is 19.4. The lowest BCUT2D eigenvalue weighted by atomic mass is 9.65.